The average molecular weight is 229 g/mol. The molecule has 0 aliphatic carbocycles. The van der Waals surface area contributed by atoms with Crippen molar-refractivity contribution in [2.75, 3.05) is 19.7 Å². The third-order valence-corrected chi connectivity index (χ3v) is 2.12. The van der Waals surface area contributed by atoms with Crippen LogP contribution in [0.3, 0.4) is 0 Å². The largest absolute Gasteiger partial charge is 0.464 e. The predicted octanol–water partition coefficient (Wildman–Crippen LogP) is 1.83. The standard InChI is InChI=1S/C12H23NO3/c1-5-6-7-13(11(4)14)8-12(15)16-9-10(2)3/h10H,5-9H2,1-4H3. The molecule has 0 saturated carbocycles. The van der Waals surface area contributed by atoms with Gasteiger partial charge in [-0.2, -0.15) is 0 Å². The highest BCUT2D eigenvalue weighted by atomic mass is 16.5. The molecule has 0 unspecified atom stereocenters. The minimum Gasteiger partial charge on any atom is -0.464 e. The van der Waals surface area contributed by atoms with Crippen molar-refractivity contribution in [2.45, 2.75) is 40.5 Å². The van der Waals surface area contributed by atoms with E-state index < -0.39 is 0 Å². The van der Waals surface area contributed by atoms with Crippen LogP contribution < -0.4 is 0 Å². The summed E-state index contributed by atoms with van der Waals surface area (Å²) in [5.41, 5.74) is 0. The first-order valence-corrected chi connectivity index (χ1v) is 5.88. The van der Waals surface area contributed by atoms with Crippen molar-refractivity contribution < 1.29 is 14.3 Å². The summed E-state index contributed by atoms with van der Waals surface area (Å²) in [6, 6.07) is 0. The van der Waals surface area contributed by atoms with Gasteiger partial charge >= 0.3 is 5.97 Å². The van der Waals surface area contributed by atoms with E-state index in [1.54, 1.807) is 0 Å². The highest BCUT2D eigenvalue weighted by Gasteiger charge is 2.14. The van der Waals surface area contributed by atoms with Gasteiger partial charge in [-0.3, -0.25) is 9.59 Å². The fraction of sp³-hybridized carbons (Fsp3) is 0.833. The zero-order chi connectivity index (χ0) is 12.6. The normalized spacial score (nSPS) is 10.3. The Balaban J connectivity index is 3.98. The topological polar surface area (TPSA) is 46.6 Å². The van der Waals surface area contributed by atoms with Crippen molar-refractivity contribution in [3.05, 3.63) is 0 Å². The third-order valence-electron chi connectivity index (χ3n) is 2.12. The van der Waals surface area contributed by atoms with E-state index >= 15 is 0 Å². The summed E-state index contributed by atoms with van der Waals surface area (Å²) in [6.07, 6.45) is 1.92. The van der Waals surface area contributed by atoms with Crippen molar-refractivity contribution in [3.63, 3.8) is 0 Å². The van der Waals surface area contributed by atoms with Crippen LogP contribution in [0.2, 0.25) is 0 Å². The zero-order valence-electron chi connectivity index (χ0n) is 10.8. The number of rotatable bonds is 7. The van der Waals surface area contributed by atoms with Gasteiger partial charge in [0.1, 0.15) is 6.54 Å². The fourth-order valence-corrected chi connectivity index (χ4v) is 1.16. The van der Waals surface area contributed by atoms with Crippen LogP contribution in [-0.4, -0.2) is 36.5 Å². The lowest BCUT2D eigenvalue weighted by Crippen LogP contribution is -2.35. The highest BCUT2D eigenvalue weighted by molar-refractivity contribution is 5.80. The van der Waals surface area contributed by atoms with E-state index in [-0.39, 0.29) is 18.4 Å². The van der Waals surface area contributed by atoms with E-state index in [1.807, 2.05) is 13.8 Å². The Morgan fingerprint density at radius 1 is 1.31 bits per heavy atom. The van der Waals surface area contributed by atoms with Crippen LogP contribution in [0, 0.1) is 5.92 Å². The minimum atomic E-state index is -0.319. The summed E-state index contributed by atoms with van der Waals surface area (Å²) in [7, 11) is 0. The summed E-state index contributed by atoms with van der Waals surface area (Å²) in [6.45, 7) is 8.60. The summed E-state index contributed by atoms with van der Waals surface area (Å²) >= 11 is 0. The van der Waals surface area contributed by atoms with Crippen LogP contribution in [0.1, 0.15) is 40.5 Å². The van der Waals surface area contributed by atoms with Gasteiger partial charge < -0.3 is 9.64 Å². The van der Waals surface area contributed by atoms with Crippen LogP contribution in [0.15, 0.2) is 0 Å². The van der Waals surface area contributed by atoms with Gasteiger partial charge in [0.25, 0.3) is 0 Å². The second-order valence-corrected chi connectivity index (χ2v) is 4.37. The summed E-state index contributed by atoms with van der Waals surface area (Å²) in [5.74, 6) is -0.0691. The van der Waals surface area contributed by atoms with Crippen LogP contribution in [0.4, 0.5) is 0 Å². The number of ether oxygens (including phenoxy) is 1. The molecule has 0 bridgehead atoms. The van der Waals surface area contributed by atoms with E-state index in [0.29, 0.717) is 19.1 Å². The number of amides is 1. The molecule has 1 amide bonds. The van der Waals surface area contributed by atoms with E-state index in [0.717, 1.165) is 12.8 Å². The van der Waals surface area contributed by atoms with Crippen molar-refractivity contribution in [1.29, 1.82) is 0 Å². The van der Waals surface area contributed by atoms with Gasteiger partial charge in [0.2, 0.25) is 5.91 Å². The molecule has 0 atom stereocenters. The number of nitrogens with zero attached hydrogens (tertiary/aromatic N) is 1. The number of hydrogen-bond donors (Lipinski definition) is 0. The van der Waals surface area contributed by atoms with Gasteiger partial charge in [-0.1, -0.05) is 27.2 Å². The molecule has 0 saturated heterocycles. The number of unbranched alkanes of at least 4 members (excludes halogenated alkanes) is 1. The molecule has 16 heavy (non-hydrogen) atoms. The molecule has 0 spiro atoms. The second-order valence-electron chi connectivity index (χ2n) is 4.37. The van der Waals surface area contributed by atoms with Crippen molar-refractivity contribution in [1.82, 2.24) is 4.90 Å². The molecule has 4 nitrogen and oxygen atoms in total. The van der Waals surface area contributed by atoms with Crippen molar-refractivity contribution >= 4 is 11.9 Å². The second kappa shape index (κ2) is 8.13. The van der Waals surface area contributed by atoms with Crippen molar-refractivity contribution in [2.24, 2.45) is 5.92 Å². The number of carbonyl (C=O) groups is 2. The molecule has 0 aliphatic heterocycles. The first-order valence-electron chi connectivity index (χ1n) is 5.88. The fourth-order valence-electron chi connectivity index (χ4n) is 1.16. The van der Waals surface area contributed by atoms with Crippen LogP contribution in [-0.2, 0) is 14.3 Å². The Morgan fingerprint density at radius 3 is 2.38 bits per heavy atom. The van der Waals surface area contributed by atoms with Gasteiger partial charge in [-0.15, -0.1) is 0 Å². The van der Waals surface area contributed by atoms with E-state index in [9.17, 15) is 9.59 Å². The Bertz CT molecular complexity index is 226. The molecule has 94 valence electrons. The lowest BCUT2D eigenvalue weighted by molar-refractivity contribution is -0.149. The first-order chi connectivity index (χ1) is 7.47. The molecule has 0 aromatic rings. The molecule has 0 rings (SSSR count). The molecular formula is C12H23NO3. The van der Waals surface area contributed by atoms with E-state index in [2.05, 4.69) is 6.92 Å². The maximum atomic E-state index is 11.4. The quantitative estimate of drug-likeness (QED) is 0.626. The Morgan fingerprint density at radius 2 is 1.94 bits per heavy atom. The molecule has 0 heterocycles. The zero-order valence-corrected chi connectivity index (χ0v) is 10.8. The maximum Gasteiger partial charge on any atom is 0.325 e. The molecule has 0 N–H and O–H groups in total. The summed E-state index contributed by atoms with van der Waals surface area (Å²) < 4.78 is 5.03. The lowest BCUT2D eigenvalue weighted by Gasteiger charge is -2.19. The van der Waals surface area contributed by atoms with E-state index in [4.69, 9.17) is 4.74 Å². The first kappa shape index (κ1) is 14.9. The van der Waals surface area contributed by atoms with Crippen LogP contribution in [0.5, 0.6) is 0 Å². The Kier molecular flexibility index (Phi) is 7.60. The van der Waals surface area contributed by atoms with Crippen molar-refractivity contribution in [3.8, 4) is 0 Å². The van der Waals surface area contributed by atoms with Gasteiger partial charge in [0.05, 0.1) is 6.61 Å². The number of hydrogen-bond acceptors (Lipinski definition) is 3. The average Bonchev–Trinajstić information content (AvgIpc) is 2.20. The smallest absolute Gasteiger partial charge is 0.325 e. The maximum absolute atomic E-state index is 11.4. The van der Waals surface area contributed by atoms with Gasteiger partial charge in [-0.25, -0.2) is 0 Å². The summed E-state index contributed by atoms with van der Waals surface area (Å²) in [5, 5.41) is 0. The Hall–Kier alpha value is -1.06. The monoisotopic (exact) mass is 229 g/mol. The Labute approximate surface area is 98.0 Å². The molecule has 0 aliphatic rings. The predicted molar refractivity (Wildman–Crippen MR) is 63.0 cm³/mol. The highest BCUT2D eigenvalue weighted by Crippen LogP contribution is 1.98. The molecule has 4 heteroatoms. The number of carbonyl (C=O) groups excluding carboxylic acids is 2. The van der Waals surface area contributed by atoms with Gasteiger partial charge in [-0.05, 0) is 12.3 Å². The molecule has 0 aromatic carbocycles. The summed E-state index contributed by atoms with van der Waals surface area (Å²) in [4.78, 5) is 24.2. The SMILES string of the molecule is CCCCN(CC(=O)OCC(C)C)C(C)=O. The van der Waals surface area contributed by atoms with Crippen LogP contribution >= 0.6 is 0 Å². The molecular weight excluding hydrogens is 206 g/mol. The third kappa shape index (κ3) is 7.26. The lowest BCUT2D eigenvalue weighted by atomic mass is 10.2. The minimum absolute atomic E-state index is 0.0715. The molecule has 0 aromatic heterocycles. The van der Waals surface area contributed by atoms with Gasteiger partial charge in [0, 0.05) is 13.5 Å². The molecule has 0 fully saturated rings. The van der Waals surface area contributed by atoms with Crippen LogP contribution in [0.25, 0.3) is 0 Å². The van der Waals surface area contributed by atoms with E-state index in [1.165, 1.54) is 11.8 Å². The number of esters is 1. The van der Waals surface area contributed by atoms with Gasteiger partial charge in [0.15, 0.2) is 0 Å². The molecule has 0 radical (unpaired) electrons.